The summed E-state index contributed by atoms with van der Waals surface area (Å²) in [7, 11) is 0. The van der Waals surface area contributed by atoms with Gasteiger partial charge in [0.25, 0.3) is 17.5 Å². The van der Waals surface area contributed by atoms with Crippen molar-refractivity contribution in [3.8, 4) is 0 Å². The molecule has 1 spiro atoms. The van der Waals surface area contributed by atoms with E-state index < -0.39 is 29.8 Å². The van der Waals surface area contributed by atoms with Gasteiger partial charge in [-0.15, -0.1) is 0 Å². The molecule has 0 radical (unpaired) electrons. The zero-order chi connectivity index (χ0) is 25.4. The first-order valence-electron chi connectivity index (χ1n) is 12.0. The summed E-state index contributed by atoms with van der Waals surface area (Å²) in [6.45, 7) is 6.24. The molecule has 3 heterocycles. The molecule has 2 aromatic rings. The highest BCUT2D eigenvalue weighted by atomic mass is 19.3. The van der Waals surface area contributed by atoms with Crippen molar-refractivity contribution in [3.63, 3.8) is 0 Å². The number of benzene rings is 1. The van der Waals surface area contributed by atoms with Gasteiger partial charge in [0.2, 0.25) is 5.95 Å². The summed E-state index contributed by atoms with van der Waals surface area (Å²) in [5.74, 6) is -2.91. The van der Waals surface area contributed by atoms with Crippen LogP contribution in [0.2, 0.25) is 0 Å². The van der Waals surface area contributed by atoms with Crippen molar-refractivity contribution < 1.29 is 18.5 Å². The highest BCUT2D eigenvalue weighted by Crippen LogP contribution is 2.54. The van der Waals surface area contributed by atoms with Crippen LogP contribution in [0.1, 0.15) is 63.0 Å². The minimum absolute atomic E-state index is 0. The monoisotopic (exact) mass is 504 g/mol. The van der Waals surface area contributed by atoms with E-state index in [4.69, 9.17) is 0 Å². The zero-order valence-corrected chi connectivity index (χ0v) is 20.2. The Kier molecular flexibility index (Phi) is 7.80. The number of aromatic nitrogens is 2. The first kappa shape index (κ1) is 27.2. The second-order valence-corrected chi connectivity index (χ2v) is 9.31. The van der Waals surface area contributed by atoms with Gasteiger partial charge in [-0.25, -0.2) is 13.8 Å². The third-order valence-corrected chi connectivity index (χ3v) is 6.77. The van der Waals surface area contributed by atoms with Crippen molar-refractivity contribution in [1.82, 2.24) is 9.97 Å². The van der Waals surface area contributed by atoms with Gasteiger partial charge in [-0.1, -0.05) is 21.3 Å². The number of aryl methyl sites for hydroxylation is 1. The maximum Gasteiger partial charge on any atom is 0.282 e. The van der Waals surface area contributed by atoms with Gasteiger partial charge in [-0.3, -0.25) is 14.9 Å². The third kappa shape index (κ3) is 5.71. The van der Waals surface area contributed by atoms with Gasteiger partial charge in [-0.05, 0) is 44.1 Å². The van der Waals surface area contributed by atoms with Gasteiger partial charge >= 0.3 is 0 Å². The van der Waals surface area contributed by atoms with Crippen LogP contribution >= 0.6 is 0 Å². The number of non-ortho nitro benzene ring substituents is 1. The lowest BCUT2D eigenvalue weighted by molar-refractivity contribution is -0.384. The maximum atomic E-state index is 13.2. The molecule has 0 atom stereocenters. The van der Waals surface area contributed by atoms with Crippen LogP contribution < -0.4 is 15.1 Å². The number of anilines is 3. The van der Waals surface area contributed by atoms with Crippen LogP contribution in [-0.2, 0) is 0 Å². The van der Waals surface area contributed by atoms with Crippen molar-refractivity contribution in [1.29, 1.82) is 0 Å². The zero-order valence-electron chi connectivity index (χ0n) is 20.2. The quantitative estimate of drug-likeness (QED) is 0.427. The molecule has 1 N–H and O–H groups in total. The fourth-order valence-corrected chi connectivity index (χ4v) is 4.58. The molecular formula is C25H34F2N6O3. The van der Waals surface area contributed by atoms with E-state index >= 15 is 0 Å². The number of halogens is 2. The van der Waals surface area contributed by atoms with Gasteiger partial charge < -0.3 is 15.1 Å². The number of amides is 1. The van der Waals surface area contributed by atoms with E-state index in [1.54, 1.807) is 13.0 Å². The number of carbonyl (C=O) groups excluding carboxylic acids is 1. The second kappa shape index (κ2) is 10.3. The SMILES string of the molecule is C.CC.Cc1cc(NC(=O)c2ccc([N+](=O)[O-])cc2N2CCC3(CC2)CC3)nc(N2CC(F)(F)C2)n1. The third-order valence-electron chi connectivity index (χ3n) is 6.77. The molecule has 1 aromatic heterocycles. The van der Waals surface area contributed by atoms with Gasteiger partial charge in [0, 0.05) is 37.0 Å². The van der Waals surface area contributed by atoms with E-state index in [9.17, 15) is 23.7 Å². The lowest BCUT2D eigenvalue weighted by atomic mass is 9.93. The van der Waals surface area contributed by atoms with Crippen LogP contribution in [0.3, 0.4) is 0 Å². The van der Waals surface area contributed by atoms with Gasteiger partial charge in [-0.2, -0.15) is 4.98 Å². The van der Waals surface area contributed by atoms with Crippen molar-refractivity contribution in [2.24, 2.45) is 5.41 Å². The van der Waals surface area contributed by atoms with Crippen molar-refractivity contribution in [2.45, 2.75) is 59.8 Å². The van der Waals surface area contributed by atoms with E-state index in [1.807, 2.05) is 18.7 Å². The molecule has 1 aliphatic carbocycles. The topological polar surface area (TPSA) is 104 Å². The molecular weight excluding hydrogens is 470 g/mol. The van der Waals surface area contributed by atoms with Crippen LogP contribution in [0.25, 0.3) is 0 Å². The Labute approximate surface area is 210 Å². The molecule has 2 saturated heterocycles. The molecule has 1 saturated carbocycles. The van der Waals surface area contributed by atoms with E-state index in [1.165, 1.54) is 35.9 Å². The fraction of sp³-hybridized carbons (Fsp3) is 0.560. The highest BCUT2D eigenvalue weighted by Gasteiger charge is 2.46. The van der Waals surface area contributed by atoms with E-state index in [-0.39, 0.29) is 24.9 Å². The summed E-state index contributed by atoms with van der Waals surface area (Å²) < 4.78 is 26.5. The van der Waals surface area contributed by atoms with Gasteiger partial charge in [0.05, 0.1) is 29.3 Å². The van der Waals surface area contributed by atoms with Gasteiger partial charge in [0.15, 0.2) is 0 Å². The van der Waals surface area contributed by atoms with Crippen molar-refractivity contribution in [3.05, 3.63) is 45.6 Å². The minimum atomic E-state index is -2.77. The number of piperidine rings is 1. The predicted molar refractivity (Wildman–Crippen MR) is 136 cm³/mol. The molecule has 11 heteroatoms. The number of rotatable bonds is 5. The molecule has 3 fully saturated rings. The van der Waals surface area contributed by atoms with Crippen molar-refractivity contribution >= 4 is 29.0 Å². The Morgan fingerprint density at radius 3 is 2.25 bits per heavy atom. The van der Waals surface area contributed by atoms with Crippen LogP contribution in [0.5, 0.6) is 0 Å². The second-order valence-electron chi connectivity index (χ2n) is 9.31. The lowest BCUT2D eigenvalue weighted by Crippen LogP contribution is -2.57. The highest BCUT2D eigenvalue weighted by molar-refractivity contribution is 6.08. The Balaban J connectivity index is 0.00000117. The number of alkyl halides is 2. The lowest BCUT2D eigenvalue weighted by Gasteiger charge is -2.38. The number of hydrogen-bond acceptors (Lipinski definition) is 7. The fourth-order valence-electron chi connectivity index (χ4n) is 4.58. The average Bonchev–Trinajstić information content (AvgIpc) is 3.57. The molecule has 1 aromatic carbocycles. The number of nitrogens with one attached hydrogen (secondary N) is 1. The molecule has 1 amide bonds. The molecule has 0 unspecified atom stereocenters. The number of hydrogen-bond donors (Lipinski definition) is 1. The summed E-state index contributed by atoms with van der Waals surface area (Å²) in [5, 5.41) is 14.1. The molecule has 9 nitrogen and oxygen atoms in total. The number of nitrogens with zero attached hydrogens (tertiary/aromatic N) is 5. The van der Waals surface area contributed by atoms with Crippen LogP contribution in [-0.4, -0.2) is 52.9 Å². The van der Waals surface area contributed by atoms with E-state index in [0.717, 1.165) is 25.9 Å². The van der Waals surface area contributed by atoms with Crippen LogP contribution in [0, 0.1) is 22.5 Å². The predicted octanol–water partition coefficient (Wildman–Crippen LogP) is 5.44. The average molecular weight is 505 g/mol. The summed E-state index contributed by atoms with van der Waals surface area (Å²) >= 11 is 0. The minimum Gasteiger partial charge on any atom is -0.371 e. The maximum absolute atomic E-state index is 13.2. The van der Waals surface area contributed by atoms with E-state index in [2.05, 4.69) is 15.3 Å². The van der Waals surface area contributed by atoms with Crippen LogP contribution in [0.15, 0.2) is 24.3 Å². The summed E-state index contributed by atoms with van der Waals surface area (Å²) in [4.78, 5) is 35.9. The molecule has 5 rings (SSSR count). The largest absolute Gasteiger partial charge is 0.371 e. The van der Waals surface area contributed by atoms with E-state index in [0.29, 0.717) is 22.4 Å². The van der Waals surface area contributed by atoms with Crippen molar-refractivity contribution in [2.75, 3.05) is 41.3 Å². The Morgan fingerprint density at radius 1 is 1.06 bits per heavy atom. The number of nitro groups is 1. The Bertz CT molecular complexity index is 1120. The normalized spacial score (nSPS) is 18.8. The summed E-state index contributed by atoms with van der Waals surface area (Å²) in [6.07, 6.45) is 4.46. The molecule has 3 aliphatic rings. The molecule has 2 aliphatic heterocycles. The first-order valence-corrected chi connectivity index (χ1v) is 12.0. The Hall–Kier alpha value is -3.37. The molecule has 36 heavy (non-hydrogen) atoms. The molecule has 0 bridgehead atoms. The first-order chi connectivity index (χ1) is 16.6. The molecule has 196 valence electrons. The standard InChI is InChI=1S/C22H24F2N6O3.C2H6.CH4/c1-14-10-18(27-20(25-14)29-12-22(23,24)13-29)26-19(31)16-3-2-15(30(32)33)11-17(16)28-8-6-21(4-5-21)7-9-28;1-2;/h2-3,10-11H,4-9,12-13H2,1H3,(H,25,26,27,31);1-2H3;1H4. The number of nitro benzene ring substituents is 1. The number of carbonyl (C=O) groups is 1. The summed E-state index contributed by atoms with van der Waals surface area (Å²) in [5.41, 5.74) is 1.70. The van der Waals surface area contributed by atoms with Gasteiger partial charge in [0.1, 0.15) is 5.82 Å². The summed E-state index contributed by atoms with van der Waals surface area (Å²) in [6, 6.07) is 5.76. The smallest absolute Gasteiger partial charge is 0.282 e. The van der Waals surface area contributed by atoms with Crippen LogP contribution in [0.4, 0.5) is 31.9 Å². The Morgan fingerprint density at radius 2 is 1.69 bits per heavy atom.